The Balaban J connectivity index is 2.38. The number of hydrogen-bond donors (Lipinski definition) is 0. The van der Waals surface area contributed by atoms with Crippen LogP contribution in [0.3, 0.4) is 0 Å². The summed E-state index contributed by atoms with van der Waals surface area (Å²) in [7, 11) is 1.38. The first-order chi connectivity index (χ1) is 6.74. The second kappa shape index (κ2) is 6.03. The number of ether oxygens (including phenoxy) is 1. The summed E-state index contributed by atoms with van der Waals surface area (Å²) in [6.07, 6.45) is 1.73. The number of halogens is 1. The molecule has 1 rings (SSSR count). The molecule has 0 aromatic carbocycles. The summed E-state index contributed by atoms with van der Waals surface area (Å²) in [5.41, 5.74) is 0. The molecule has 1 atom stereocenters. The van der Waals surface area contributed by atoms with Crippen LogP contribution in [-0.4, -0.2) is 28.6 Å². The van der Waals surface area contributed by atoms with Crippen LogP contribution in [0.25, 0.3) is 0 Å². The highest BCUT2D eigenvalue weighted by molar-refractivity contribution is 9.10. The van der Waals surface area contributed by atoms with Crippen molar-refractivity contribution >= 4 is 33.7 Å². The molecular weight excluding hydrogens is 266 g/mol. The predicted molar refractivity (Wildman–Crippen MR) is 59.7 cm³/mol. The molecule has 0 N–H and O–H groups in total. The molecule has 0 aliphatic carbocycles. The molecule has 0 bridgehead atoms. The van der Waals surface area contributed by atoms with Crippen LogP contribution < -0.4 is 0 Å². The third-order valence-electron chi connectivity index (χ3n) is 1.47. The molecule has 1 heterocycles. The highest BCUT2D eigenvalue weighted by Gasteiger charge is 2.15. The Labute approximate surface area is 95.4 Å². The van der Waals surface area contributed by atoms with Gasteiger partial charge in [0.25, 0.3) is 0 Å². The van der Waals surface area contributed by atoms with E-state index >= 15 is 0 Å². The van der Waals surface area contributed by atoms with Crippen LogP contribution in [0.15, 0.2) is 29.4 Å². The zero-order valence-electron chi connectivity index (χ0n) is 7.64. The molecule has 14 heavy (non-hydrogen) atoms. The topological polar surface area (TPSA) is 39.2 Å². The number of pyridine rings is 1. The quantitative estimate of drug-likeness (QED) is 0.479. The average molecular weight is 276 g/mol. The second-order valence-corrected chi connectivity index (χ2v) is 4.62. The average Bonchev–Trinajstić information content (AvgIpc) is 2.26. The zero-order chi connectivity index (χ0) is 10.4. The van der Waals surface area contributed by atoms with Gasteiger partial charge in [0.1, 0.15) is 4.83 Å². The summed E-state index contributed by atoms with van der Waals surface area (Å²) in [5.74, 6) is 0.359. The van der Waals surface area contributed by atoms with E-state index in [0.29, 0.717) is 5.75 Å². The van der Waals surface area contributed by atoms with Gasteiger partial charge in [0.15, 0.2) is 0 Å². The largest absolute Gasteiger partial charge is 0.468 e. The van der Waals surface area contributed by atoms with Crippen LogP contribution >= 0.6 is 27.7 Å². The van der Waals surface area contributed by atoms with E-state index in [1.54, 1.807) is 6.20 Å². The van der Waals surface area contributed by atoms with Gasteiger partial charge >= 0.3 is 5.97 Å². The van der Waals surface area contributed by atoms with Crippen LogP contribution in [0, 0.1) is 0 Å². The van der Waals surface area contributed by atoms with Gasteiger partial charge in [-0.25, -0.2) is 4.98 Å². The summed E-state index contributed by atoms with van der Waals surface area (Å²) in [6, 6.07) is 5.67. The van der Waals surface area contributed by atoms with Crippen molar-refractivity contribution in [2.24, 2.45) is 0 Å². The molecule has 0 aliphatic rings. The fourth-order valence-corrected chi connectivity index (χ4v) is 2.13. The van der Waals surface area contributed by atoms with Gasteiger partial charge in [0.2, 0.25) is 0 Å². The molecule has 0 saturated heterocycles. The van der Waals surface area contributed by atoms with Crippen LogP contribution in [0.1, 0.15) is 0 Å². The van der Waals surface area contributed by atoms with Crippen molar-refractivity contribution in [3.8, 4) is 0 Å². The van der Waals surface area contributed by atoms with Crippen molar-refractivity contribution < 1.29 is 9.53 Å². The molecule has 0 fully saturated rings. The molecule has 0 amide bonds. The maximum atomic E-state index is 11.0. The SMILES string of the molecule is COC(=O)C(Br)CSc1ccccn1. The first-order valence-corrected chi connectivity index (χ1v) is 5.90. The summed E-state index contributed by atoms with van der Waals surface area (Å²) < 4.78 is 4.58. The van der Waals surface area contributed by atoms with E-state index in [1.807, 2.05) is 18.2 Å². The van der Waals surface area contributed by atoms with E-state index in [2.05, 4.69) is 25.7 Å². The fraction of sp³-hybridized carbons (Fsp3) is 0.333. The number of thioether (sulfide) groups is 1. The number of aromatic nitrogens is 1. The van der Waals surface area contributed by atoms with Crippen molar-refractivity contribution in [1.82, 2.24) is 4.98 Å². The first kappa shape index (κ1) is 11.5. The normalized spacial score (nSPS) is 12.1. The van der Waals surface area contributed by atoms with Crippen molar-refractivity contribution in [2.45, 2.75) is 9.85 Å². The Bertz CT molecular complexity index is 294. The molecule has 0 saturated carbocycles. The summed E-state index contributed by atoms with van der Waals surface area (Å²) >= 11 is 4.75. The first-order valence-electron chi connectivity index (χ1n) is 3.99. The molecule has 1 aromatic rings. The smallest absolute Gasteiger partial charge is 0.320 e. The molecule has 0 aliphatic heterocycles. The van der Waals surface area contributed by atoms with Gasteiger partial charge in [-0.3, -0.25) is 4.79 Å². The third-order valence-corrected chi connectivity index (χ3v) is 3.64. The Morgan fingerprint density at radius 3 is 3.07 bits per heavy atom. The van der Waals surface area contributed by atoms with Crippen LogP contribution in [0.4, 0.5) is 0 Å². The summed E-state index contributed by atoms with van der Waals surface area (Å²) in [5, 5.41) is 0.904. The van der Waals surface area contributed by atoms with Gasteiger partial charge < -0.3 is 4.74 Å². The van der Waals surface area contributed by atoms with Gasteiger partial charge in [0, 0.05) is 11.9 Å². The predicted octanol–water partition coefficient (Wildman–Crippen LogP) is 2.11. The molecule has 5 heteroatoms. The number of carbonyl (C=O) groups is 1. The van der Waals surface area contributed by atoms with Crippen molar-refractivity contribution in [3.63, 3.8) is 0 Å². The lowest BCUT2D eigenvalue weighted by Gasteiger charge is -2.05. The van der Waals surface area contributed by atoms with Crippen LogP contribution in [-0.2, 0) is 9.53 Å². The Morgan fingerprint density at radius 2 is 2.50 bits per heavy atom. The molecule has 0 radical (unpaired) electrons. The van der Waals surface area contributed by atoms with Gasteiger partial charge in [-0.1, -0.05) is 22.0 Å². The number of methoxy groups -OCH3 is 1. The minimum Gasteiger partial charge on any atom is -0.468 e. The Morgan fingerprint density at radius 1 is 1.71 bits per heavy atom. The lowest BCUT2D eigenvalue weighted by Crippen LogP contribution is -2.17. The lowest BCUT2D eigenvalue weighted by atomic mass is 10.5. The zero-order valence-corrected chi connectivity index (χ0v) is 10.0. The van der Waals surface area contributed by atoms with Crippen molar-refractivity contribution in [3.05, 3.63) is 24.4 Å². The lowest BCUT2D eigenvalue weighted by molar-refractivity contribution is -0.139. The van der Waals surface area contributed by atoms with Crippen molar-refractivity contribution in [2.75, 3.05) is 12.9 Å². The molecule has 0 spiro atoms. The molecule has 76 valence electrons. The monoisotopic (exact) mass is 275 g/mol. The number of nitrogens with zero attached hydrogens (tertiary/aromatic N) is 1. The number of hydrogen-bond acceptors (Lipinski definition) is 4. The molecule has 3 nitrogen and oxygen atoms in total. The van der Waals surface area contributed by atoms with E-state index in [1.165, 1.54) is 18.9 Å². The number of esters is 1. The molecule has 1 unspecified atom stereocenters. The third kappa shape index (κ3) is 3.67. The molecular formula is C9H10BrNO2S. The van der Waals surface area contributed by atoms with E-state index in [9.17, 15) is 4.79 Å². The standard InChI is InChI=1S/C9H10BrNO2S/c1-13-9(12)7(10)6-14-8-4-2-3-5-11-8/h2-5,7H,6H2,1H3. The maximum Gasteiger partial charge on any atom is 0.320 e. The van der Waals surface area contributed by atoms with E-state index in [-0.39, 0.29) is 10.8 Å². The highest BCUT2D eigenvalue weighted by atomic mass is 79.9. The van der Waals surface area contributed by atoms with Gasteiger partial charge in [-0.2, -0.15) is 0 Å². The van der Waals surface area contributed by atoms with E-state index in [0.717, 1.165) is 5.03 Å². The van der Waals surface area contributed by atoms with Crippen molar-refractivity contribution in [1.29, 1.82) is 0 Å². The van der Waals surface area contributed by atoms with Gasteiger partial charge in [0.05, 0.1) is 12.1 Å². The number of rotatable bonds is 4. The number of carbonyl (C=O) groups excluding carboxylic acids is 1. The maximum absolute atomic E-state index is 11.0. The van der Waals surface area contributed by atoms with Gasteiger partial charge in [-0.05, 0) is 12.1 Å². The highest BCUT2D eigenvalue weighted by Crippen LogP contribution is 2.18. The Kier molecular flexibility index (Phi) is 4.97. The fourth-order valence-electron chi connectivity index (χ4n) is 0.787. The minimum atomic E-state index is -0.278. The second-order valence-electron chi connectivity index (χ2n) is 2.47. The molecule has 1 aromatic heterocycles. The van der Waals surface area contributed by atoms with Gasteiger partial charge in [-0.15, -0.1) is 11.8 Å². The van der Waals surface area contributed by atoms with E-state index in [4.69, 9.17) is 0 Å². The van der Waals surface area contributed by atoms with Crippen LogP contribution in [0.5, 0.6) is 0 Å². The van der Waals surface area contributed by atoms with E-state index < -0.39 is 0 Å². The number of alkyl halides is 1. The van der Waals surface area contributed by atoms with Crippen LogP contribution in [0.2, 0.25) is 0 Å². The summed E-state index contributed by atoms with van der Waals surface area (Å²) in [4.78, 5) is 14.9. The minimum absolute atomic E-state index is 0.256. The summed E-state index contributed by atoms with van der Waals surface area (Å²) in [6.45, 7) is 0. The Hall–Kier alpha value is -0.550.